The van der Waals surface area contributed by atoms with Gasteiger partial charge in [-0.1, -0.05) is 24.3 Å². The topological polar surface area (TPSA) is 59.0 Å². The summed E-state index contributed by atoms with van der Waals surface area (Å²) in [5, 5.41) is 9.91. The molecule has 0 aromatic heterocycles. The van der Waals surface area contributed by atoms with Crippen LogP contribution < -0.4 is 9.47 Å². The van der Waals surface area contributed by atoms with Crippen molar-refractivity contribution < 1.29 is 19.4 Å². The van der Waals surface area contributed by atoms with Crippen LogP contribution in [0.15, 0.2) is 42.5 Å². The second kappa shape index (κ2) is 7.47. The van der Waals surface area contributed by atoms with E-state index in [0.717, 1.165) is 24.9 Å². The van der Waals surface area contributed by atoms with E-state index in [2.05, 4.69) is 0 Å². The number of ether oxygens (including phenoxy) is 2. The lowest BCUT2D eigenvalue weighted by atomic mass is 10.0. The lowest BCUT2D eigenvalue weighted by molar-refractivity contribution is -0.131. The second-order valence-corrected chi connectivity index (χ2v) is 6.17. The van der Waals surface area contributed by atoms with Gasteiger partial charge in [-0.15, -0.1) is 0 Å². The molecule has 2 aromatic rings. The van der Waals surface area contributed by atoms with Gasteiger partial charge in [-0.3, -0.25) is 4.79 Å². The molecule has 0 aliphatic carbocycles. The van der Waals surface area contributed by atoms with Crippen LogP contribution in [0.25, 0.3) is 0 Å². The van der Waals surface area contributed by atoms with Crippen molar-refractivity contribution in [3.05, 3.63) is 53.6 Å². The van der Waals surface area contributed by atoms with E-state index in [0.29, 0.717) is 17.1 Å². The Morgan fingerprint density at radius 1 is 1.16 bits per heavy atom. The summed E-state index contributed by atoms with van der Waals surface area (Å²) in [6, 6.07) is 12.8. The number of benzene rings is 2. The summed E-state index contributed by atoms with van der Waals surface area (Å²) in [6.07, 6.45) is 2.09. The Balaban J connectivity index is 1.80. The van der Waals surface area contributed by atoms with E-state index in [4.69, 9.17) is 9.47 Å². The number of hydrogen-bond donors (Lipinski definition) is 1. The number of carbonyl (C=O) groups is 1. The van der Waals surface area contributed by atoms with Gasteiger partial charge in [0.05, 0.1) is 26.7 Å². The molecule has 1 unspecified atom stereocenters. The molecule has 0 radical (unpaired) electrons. The van der Waals surface area contributed by atoms with Gasteiger partial charge in [0.2, 0.25) is 5.91 Å². The van der Waals surface area contributed by atoms with Crippen molar-refractivity contribution in [3.63, 3.8) is 0 Å². The fraction of sp³-hybridized carbons (Fsp3) is 0.350. The molecular formula is C20H23NO4. The molecule has 0 saturated carbocycles. The normalized spacial score (nSPS) is 16.7. The molecule has 5 nitrogen and oxygen atoms in total. The maximum Gasteiger partial charge on any atom is 0.227 e. The first kappa shape index (κ1) is 17.1. The third-order valence-corrected chi connectivity index (χ3v) is 4.70. The fourth-order valence-corrected chi connectivity index (χ4v) is 3.40. The lowest BCUT2D eigenvalue weighted by Gasteiger charge is -2.26. The molecule has 1 saturated heterocycles. The average Bonchev–Trinajstić information content (AvgIpc) is 3.13. The lowest BCUT2D eigenvalue weighted by Crippen LogP contribution is -2.31. The number of hydrogen-bond acceptors (Lipinski definition) is 4. The number of methoxy groups -OCH3 is 2. The summed E-state index contributed by atoms with van der Waals surface area (Å²) >= 11 is 0. The molecule has 25 heavy (non-hydrogen) atoms. The van der Waals surface area contributed by atoms with Crippen LogP contribution in [0.5, 0.6) is 17.2 Å². The predicted octanol–water partition coefficient (Wildman–Crippen LogP) is 3.32. The van der Waals surface area contributed by atoms with Gasteiger partial charge in [-0.05, 0) is 36.6 Å². The first-order valence-corrected chi connectivity index (χ1v) is 8.42. The Labute approximate surface area is 147 Å². The number of rotatable bonds is 5. The fourth-order valence-electron chi connectivity index (χ4n) is 3.40. The van der Waals surface area contributed by atoms with Crippen molar-refractivity contribution in [1.29, 1.82) is 0 Å². The molecule has 132 valence electrons. The van der Waals surface area contributed by atoms with Crippen LogP contribution in [0, 0.1) is 0 Å². The molecule has 1 atom stereocenters. The molecule has 1 heterocycles. The largest absolute Gasteiger partial charge is 0.508 e. The molecule has 1 aliphatic rings. The van der Waals surface area contributed by atoms with E-state index in [9.17, 15) is 9.90 Å². The standard InChI is InChI=1S/C20H23NO4/c1-24-18-10-9-14(12-19(18)25-2)16-7-5-11-21(16)20(23)13-15-6-3-4-8-17(15)22/h3-4,6,8-10,12,16,22H,5,7,11,13H2,1-2H3. The SMILES string of the molecule is COc1ccc(C2CCCN2C(=O)Cc2ccccc2O)cc1OC. The Morgan fingerprint density at radius 2 is 1.92 bits per heavy atom. The molecule has 5 heteroatoms. The van der Waals surface area contributed by atoms with E-state index in [1.165, 1.54) is 0 Å². The average molecular weight is 341 g/mol. The third-order valence-electron chi connectivity index (χ3n) is 4.70. The Bertz CT molecular complexity index is 759. The van der Waals surface area contributed by atoms with Crippen LogP contribution in [-0.2, 0) is 11.2 Å². The summed E-state index contributed by atoms with van der Waals surface area (Å²) in [5.74, 6) is 1.54. The molecule has 1 amide bonds. The zero-order chi connectivity index (χ0) is 17.8. The highest BCUT2D eigenvalue weighted by molar-refractivity contribution is 5.80. The molecular weight excluding hydrogens is 318 g/mol. The molecule has 3 rings (SSSR count). The Kier molecular flexibility index (Phi) is 5.12. The summed E-state index contributed by atoms with van der Waals surface area (Å²) in [6.45, 7) is 0.728. The second-order valence-electron chi connectivity index (χ2n) is 6.17. The number of carbonyl (C=O) groups excluding carboxylic acids is 1. The minimum absolute atomic E-state index is 0.0261. The van der Waals surface area contributed by atoms with E-state index in [1.807, 2.05) is 29.2 Å². The van der Waals surface area contributed by atoms with Gasteiger partial charge >= 0.3 is 0 Å². The number of nitrogens with zero attached hydrogens (tertiary/aromatic N) is 1. The smallest absolute Gasteiger partial charge is 0.227 e. The van der Waals surface area contributed by atoms with Gasteiger partial charge in [0.25, 0.3) is 0 Å². The third kappa shape index (κ3) is 3.55. The van der Waals surface area contributed by atoms with Crippen LogP contribution in [0.2, 0.25) is 0 Å². The maximum absolute atomic E-state index is 12.8. The van der Waals surface area contributed by atoms with Gasteiger partial charge in [-0.2, -0.15) is 0 Å². The molecule has 0 bridgehead atoms. The predicted molar refractivity (Wildman–Crippen MR) is 95.0 cm³/mol. The van der Waals surface area contributed by atoms with Gasteiger partial charge in [0.1, 0.15) is 5.75 Å². The Morgan fingerprint density at radius 3 is 2.64 bits per heavy atom. The summed E-state index contributed by atoms with van der Waals surface area (Å²) in [5.41, 5.74) is 1.70. The molecule has 2 aromatic carbocycles. The van der Waals surface area contributed by atoms with E-state index < -0.39 is 0 Å². The highest BCUT2D eigenvalue weighted by Crippen LogP contribution is 2.37. The number of para-hydroxylation sites is 1. The van der Waals surface area contributed by atoms with Gasteiger partial charge in [-0.25, -0.2) is 0 Å². The summed E-state index contributed by atoms with van der Waals surface area (Å²) < 4.78 is 10.7. The van der Waals surface area contributed by atoms with Crippen molar-refractivity contribution in [3.8, 4) is 17.2 Å². The minimum Gasteiger partial charge on any atom is -0.508 e. The van der Waals surface area contributed by atoms with Gasteiger partial charge in [0.15, 0.2) is 11.5 Å². The minimum atomic E-state index is 0.0261. The molecule has 1 N–H and O–H groups in total. The van der Waals surface area contributed by atoms with Crippen LogP contribution in [0.4, 0.5) is 0 Å². The number of aromatic hydroxyl groups is 1. The molecule has 1 aliphatic heterocycles. The number of amides is 1. The molecule has 1 fully saturated rings. The number of likely N-dealkylation sites (tertiary alicyclic amines) is 1. The van der Waals surface area contributed by atoms with E-state index in [1.54, 1.807) is 32.4 Å². The quantitative estimate of drug-likeness (QED) is 0.906. The van der Waals surface area contributed by atoms with E-state index in [-0.39, 0.29) is 24.1 Å². The van der Waals surface area contributed by atoms with Crippen LogP contribution >= 0.6 is 0 Å². The van der Waals surface area contributed by atoms with Crippen molar-refractivity contribution in [2.24, 2.45) is 0 Å². The highest BCUT2D eigenvalue weighted by atomic mass is 16.5. The van der Waals surface area contributed by atoms with Crippen molar-refractivity contribution in [2.45, 2.75) is 25.3 Å². The van der Waals surface area contributed by atoms with Crippen molar-refractivity contribution in [1.82, 2.24) is 4.90 Å². The zero-order valence-electron chi connectivity index (χ0n) is 14.6. The number of phenols is 1. The highest BCUT2D eigenvalue weighted by Gasteiger charge is 2.30. The molecule has 0 spiro atoms. The number of phenolic OH excluding ortho intramolecular Hbond substituents is 1. The van der Waals surface area contributed by atoms with Crippen molar-refractivity contribution >= 4 is 5.91 Å². The Hall–Kier alpha value is -2.69. The van der Waals surface area contributed by atoms with Crippen LogP contribution in [0.1, 0.15) is 30.0 Å². The maximum atomic E-state index is 12.8. The first-order chi connectivity index (χ1) is 12.1. The van der Waals surface area contributed by atoms with Crippen molar-refractivity contribution in [2.75, 3.05) is 20.8 Å². The monoisotopic (exact) mass is 341 g/mol. The van der Waals surface area contributed by atoms with Crippen LogP contribution in [0.3, 0.4) is 0 Å². The van der Waals surface area contributed by atoms with Gasteiger partial charge in [0, 0.05) is 12.1 Å². The first-order valence-electron chi connectivity index (χ1n) is 8.42. The summed E-state index contributed by atoms with van der Waals surface area (Å²) in [4.78, 5) is 14.7. The zero-order valence-corrected chi connectivity index (χ0v) is 14.6. The van der Waals surface area contributed by atoms with Gasteiger partial charge < -0.3 is 19.5 Å². The summed E-state index contributed by atoms with van der Waals surface area (Å²) in [7, 11) is 3.21. The van der Waals surface area contributed by atoms with Crippen LogP contribution in [-0.4, -0.2) is 36.7 Å². The van der Waals surface area contributed by atoms with E-state index >= 15 is 0 Å².